The predicted molar refractivity (Wildman–Crippen MR) is 103 cm³/mol. The highest BCUT2D eigenvalue weighted by molar-refractivity contribution is 7.93. The second kappa shape index (κ2) is 5.85. The molecule has 1 aliphatic rings. The van der Waals surface area contributed by atoms with Crippen molar-refractivity contribution >= 4 is 38.1 Å². The lowest BCUT2D eigenvalue weighted by atomic mass is 10.1. The van der Waals surface area contributed by atoms with Crippen LogP contribution in [0, 0.1) is 13.8 Å². The Bertz CT molecular complexity index is 1130. The normalized spacial score (nSPS) is 14.6. The zero-order valence-electron chi connectivity index (χ0n) is 14.5. The Morgan fingerprint density at radius 3 is 2.35 bits per heavy atom. The molecular weight excluding hydrogens is 348 g/mol. The molecule has 0 spiro atoms. The van der Waals surface area contributed by atoms with Crippen molar-refractivity contribution in [3.8, 4) is 0 Å². The van der Waals surface area contributed by atoms with Crippen molar-refractivity contribution in [2.45, 2.75) is 18.7 Å². The Kier molecular flexibility index (Phi) is 3.73. The molecule has 5 nitrogen and oxygen atoms in total. The highest BCUT2D eigenvalue weighted by Crippen LogP contribution is 2.41. The summed E-state index contributed by atoms with van der Waals surface area (Å²) in [6.07, 6.45) is 0. The van der Waals surface area contributed by atoms with Gasteiger partial charge in [0.1, 0.15) is 6.54 Å². The van der Waals surface area contributed by atoms with Crippen molar-refractivity contribution in [1.29, 1.82) is 0 Å². The second-order valence-corrected chi connectivity index (χ2v) is 8.40. The van der Waals surface area contributed by atoms with Crippen LogP contribution in [-0.2, 0) is 14.8 Å². The van der Waals surface area contributed by atoms with Gasteiger partial charge in [-0.3, -0.25) is 9.10 Å². The zero-order chi connectivity index (χ0) is 18.5. The number of nitrogens with zero attached hydrogens (tertiary/aromatic N) is 1. The van der Waals surface area contributed by atoms with Crippen LogP contribution in [0.4, 0.5) is 11.4 Å². The molecule has 1 aliphatic heterocycles. The van der Waals surface area contributed by atoms with Gasteiger partial charge in [-0.25, -0.2) is 8.42 Å². The van der Waals surface area contributed by atoms with E-state index in [-0.39, 0.29) is 17.3 Å². The fourth-order valence-electron chi connectivity index (χ4n) is 3.51. The number of carbonyl (C=O) groups is 1. The number of benzene rings is 3. The minimum absolute atomic E-state index is 0.254. The first-order chi connectivity index (χ1) is 12.4. The molecule has 3 aromatic carbocycles. The van der Waals surface area contributed by atoms with E-state index in [2.05, 4.69) is 5.32 Å². The molecule has 0 saturated heterocycles. The van der Waals surface area contributed by atoms with Crippen LogP contribution >= 0.6 is 0 Å². The Morgan fingerprint density at radius 1 is 1.00 bits per heavy atom. The summed E-state index contributed by atoms with van der Waals surface area (Å²) in [7, 11) is -3.73. The molecule has 3 aromatic rings. The molecule has 0 atom stereocenters. The molecule has 4 rings (SSSR count). The van der Waals surface area contributed by atoms with Crippen LogP contribution in [0.1, 0.15) is 11.1 Å². The molecule has 1 heterocycles. The van der Waals surface area contributed by atoms with Gasteiger partial charge in [0.2, 0.25) is 5.91 Å². The number of amides is 1. The maximum absolute atomic E-state index is 12.9. The molecule has 0 radical (unpaired) electrons. The van der Waals surface area contributed by atoms with Gasteiger partial charge in [0.25, 0.3) is 10.0 Å². The summed E-state index contributed by atoms with van der Waals surface area (Å²) in [5.41, 5.74) is 3.28. The van der Waals surface area contributed by atoms with Crippen molar-refractivity contribution in [2.75, 3.05) is 16.2 Å². The van der Waals surface area contributed by atoms with E-state index in [4.69, 9.17) is 0 Å². The largest absolute Gasteiger partial charge is 0.324 e. The van der Waals surface area contributed by atoms with Gasteiger partial charge in [0.15, 0.2) is 0 Å². The highest BCUT2D eigenvalue weighted by Gasteiger charge is 2.36. The van der Waals surface area contributed by atoms with Gasteiger partial charge in [-0.15, -0.1) is 0 Å². The van der Waals surface area contributed by atoms with Crippen LogP contribution in [0.2, 0.25) is 0 Å². The first-order valence-electron chi connectivity index (χ1n) is 8.29. The van der Waals surface area contributed by atoms with Crippen molar-refractivity contribution in [3.05, 3.63) is 65.7 Å². The van der Waals surface area contributed by atoms with Crippen LogP contribution in [0.25, 0.3) is 10.8 Å². The minimum Gasteiger partial charge on any atom is -0.324 e. The van der Waals surface area contributed by atoms with Gasteiger partial charge < -0.3 is 5.32 Å². The molecular formula is C20H18N2O3S. The van der Waals surface area contributed by atoms with E-state index in [1.807, 2.05) is 44.2 Å². The molecule has 0 bridgehead atoms. The Morgan fingerprint density at radius 2 is 1.65 bits per heavy atom. The summed E-state index contributed by atoms with van der Waals surface area (Å²) in [5, 5.41) is 4.33. The Balaban J connectivity index is 1.67. The van der Waals surface area contributed by atoms with E-state index in [0.717, 1.165) is 16.5 Å². The SMILES string of the molecule is Cc1cc(C)cc(NC(=O)CN2c3cccc4cccc(c34)S2(=O)=O)c1. The molecule has 0 saturated carbocycles. The highest BCUT2D eigenvalue weighted by atomic mass is 32.2. The third kappa shape index (κ3) is 2.63. The van der Waals surface area contributed by atoms with Gasteiger partial charge in [0, 0.05) is 11.1 Å². The third-order valence-corrected chi connectivity index (χ3v) is 6.28. The fourth-order valence-corrected chi connectivity index (χ4v) is 5.17. The van der Waals surface area contributed by atoms with E-state index in [9.17, 15) is 13.2 Å². The number of sulfonamides is 1. The lowest BCUT2D eigenvalue weighted by Gasteiger charge is -2.18. The molecule has 132 valence electrons. The number of carbonyl (C=O) groups excluding carboxylic acids is 1. The van der Waals surface area contributed by atoms with Gasteiger partial charge in [-0.05, 0) is 54.6 Å². The Hall–Kier alpha value is -2.86. The lowest BCUT2D eigenvalue weighted by molar-refractivity contribution is -0.114. The minimum atomic E-state index is -3.73. The van der Waals surface area contributed by atoms with Crippen molar-refractivity contribution < 1.29 is 13.2 Å². The summed E-state index contributed by atoms with van der Waals surface area (Å²) < 4.78 is 27.0. The average Bonchev–Trinajstić information content (AvgIpc) is 2.77. The fraction of sp³-hybridized carbons (Fsp3) is 0.150. The smallest absolute Gasteiger partial charge is 0.265 e. The molecule has 6 heteroatoms. The number of hydrogen-bond donors (Lipinski definition) is 1. The molecule has 1 N–H and O–H groups in total. The molecule has 1 amide bonds. The number of hydrogen-bond acceptors (Lipinski definition) is 3. The van der Waals surface area contributed by atoms with E-state index in [0.29, 0.717) is 16.8 Å². The summed E-state index contributed by atoms with van der Waals surface area (Å²) in [5.74, 6) is -0.372. The van der Waals surface area contributed by atoms with E-state index < -0.39 is 10.0 Å². The first-order valence-corrected chi connectivity index (χ1v) is 9.73. The monoisotopic (exact) mass is 366 g/mol. The topological polar surface area (TPSA) is 66.5 Å². The second-order valence-electron chi connectivity index (χ2n) is 6.57. The van der Waals surface area contributed by atoms with Gasteiger partial charge in [-0.2, -0.15) is 0 Å². The summed E-state index contributed by atoms with van der Waals surface area (Å²) in [6, 6.07) is 16.3. The first kappa shape index (κ1) is 16.6. The molecule has 0 fully saturated rings. The van der Waals surface area contributed by atoms with E-state index in [1.165, 1.54) is 4.31 Å². The van der Waals surface area contributed by atoms with Crippen LogP contribution < -0.4 is 9.62 Å². The lowest BCUT2D eigenvalue weighted by Crippen LogP contribution is -2.35. The number of nitrogens with one attached hydrogen (secondary N) is 1. The van der Waals surface area contributed by atoms with Crippen LogP contribution in [0.5, 0.6) is 0 Å². The Labute approximate surface area is 152 Å². The third-order valence-electron chi connectivity index (χ3n) is 4.47. The van der Waals surface area contributed by atoms with Crippen molar-refractivity contribution in [1.82, 2.24) is 0 Å². The quantitative estimate of drug-likeness (QED) is 0.770. The summed E-state index contributed by atoms with van der Waals surface area (Å²) >= 11 is 0. The number of anilines is 2. The number of aryl methyl sites for hydroxylation is 2. The molecule has 0 aliphatic carbocycles. The van der Waals surface area contributed by atoms with Crippen molar-refractivity contribution in [2.24, 2.45) is 0 Å². The molecule has 0 unspecified atom stereocenters. The predicted octanol–water partition coefficient (Wildman–Crippen LogP) is 3.60. The summed E-state index contributed by atoms with van der Waals surface area (Å²) in [4.78, 5) is 12.8. The maximum Gasteiger partial charge on any atom is 0.265 e. The molecule has 0 aromatic heterocycles. The van der Waals surface area contributed by atoms with Gasteiger partial charge in [-0.1, -0.05) is 30.3 Å². The van der Waals surface area contributed by atoms with E-state index >= 15 is 0 Å². The zero-order valence-corrected chi connectivity index (χ0v) is 15.3. The van der Waals surface area contributed by atoms with Crippen LogP contribution in [0.15, 0.2) is 59.5 Å². The van der Waals surface area contributed by atoms with Crippen LogP contribution in [0.3, 0.4) is 0 Å². The molecule has 26 heavy (non-hydrogen) atoms. The van der Waals surface area contributed by atoms with Gasteiger partial charge in [0.05, 0.1) is 10.6 Å². The summed E-state index contributed by atoms with van der Waals surface area (Å²) in [6.45, 7) is 3.64. The average molecular weight is 366 g/mol. The standard InChI is InChI=1S/C20H18N2O3S/c1-13-9-14(2)11-16(10-13)21-19(23)12-22-17-7-3-5-15-6-4-8-18(20(15)17)26(22,24)25/h3-11H,12H2,1-2H3,(H,21,23). The van der Waals surface area contributed by atoms with Crippen molar-refractivity contribution in [3.63, 3.8) is 0 Å². The van der Waals surface area contributed by atoms with Gasteiger partial charge >= 0.3 is 0 Å². The maximum atomic E-state index is 12.9. The van der Waals surface area contributed by atoms with Crippen LogP contribution in [-0.4, -0.2) is 20.9 Å². The number of rotatable bonds is 3. The van der Waals surface area contributed by atoms with E-state index in [1.54, 1.807) is 24.3 Å².